The van der Waals surface area contributed by atoms with Crippen LogP contribution in [0.5, 0.6) is 0 Å². The molecule has 0 bridgehead atoms. The third-order valence-corrected chi connectivity index (χ3v) is 4.91. The summed E-state index contributed by atoms with van der Waals surface area (Å²) in [5.41, 5.74) is -1.07. The second kappa shape index (κ2) is 6.90. The predicted octanol–water partition coefficient (Wildman–Crippen LogP) is 2.92. The molecule has 1 heterocycles. The molecule has 0 aliphatic heterocycles. The average Bonchev–Trinajstić information content (AvgIpc) is 2.96. The molecule has 0 aliphatic rings. The quantitative estimate of drug-likeness (QED) is 0.798. The van der Waals surface area contributed by atoms with Crippen molar-refractivity contribution in [3.63, 3.8) is 0 Å². The van der Waals surface area contributed by atoms with Gasteiger partial charge in [0.15, 0.2) is 0 Å². The first-order chi connectivity index (χ1) is 10.7. The SMILES string of the molecule is O=S(=O)(NCCCn1cccn1)c1cc(C(F)(F)F)ccc1Cl. The Kier molecular flexibility index (Phi) is 5.33. The Morgan fingerprint density at radius 3 is 2.65 bits per heavy atom. The standard InChI is InChI=1S/C13H13ClF3N3O2S/c14-11-4-3-10(13(15,16)17)9-12(11)23(21,22)19-6-2-8-20-7-1-5-18-20/h1,3-5,7,9,19H,2,6,8H2. The van der Waals surface area contributed by atoms with E-state index in [0.29, 0.717) is 19.0 Å². The van der Waals surface area contributed by atoms with Crippen LogP contribution in [-0.2, 0) is 22.7 Å². The van der Waals surface area contributed by atoms with Crippen molar-refractivity contribution in [2.75, 3.05) is 6.54 Å². The highest BCUT2D eigenvalue weighted by Gasteiger charge is 2.32. The lowest BCUT2D eigenvalue weighted by molar-refractivity contribution is -0.137. The van der Waals surface area contributed by atoms with Crippen molar-refractivity contribution in [2.45, 2.75) is 24.0 Å². The topological polar surface area (TPSA) is 64.0 Å². The van der Waals surface area contributed by atoms with Crippen LogP contribution in [-0.4, -0.2) is 24.7 Å². The maximum Gasteiger partial charge on any atom is 0.416 e. The van der Waals surface area contributed by atoms with Crippen LogP contribution in [0.25, 0.3) is 0 Å². The van der Waals surface area contributed by atoms with Gasteiger partial charge in [-0.05, 0) is 30.7 Å². The molecule has 1 aromatic heterocycles. The van der Waals surface area contributed by atoms with Gasteiger partial charge in [0.1, 0.15) is 4.90 Å². The van der Waals surface area contributed by atoms with Gasteiger partial charge in [0.05, 0.1) is 10.6 Å². The van der Waals surface area contributed by atoms with Crippen molar-refractivity contribution < 1.29 is 21.6 Å². The number of alkyl halides is 3. The summed E-state index contributed by atoms with van der Waals surface area (Å²) in [6.07, 6.45) is -0.906. The zero-order chi connectivity index (χ0) is 17.1. The van der Waals surface area contributed by atoms with Gasteiger partial charge in [0.2, 0.25) is 10.0 Å². The fourth-order valence-corrected chi connectivity index (χ4v) is 3.44. The highest BCUT2D eigenvalue weighted by molar-refractivity contribution is 7.89. The first kappa shape index (κ1) is 17.8. The molecule has 0 fully saturated rings. The van der Waals surface area contributed by atoms with E-state index in [-0.39, 0.29) is 11.6 Å². The number of rotatable bonds is 6. The van der Waals surface area contributed by atoms with E-state index in [4.69, 9.17) is 11.6 Å². The highest BCUT2D eigenvalue weighted by atomic mass is 35.5. The van der Waals surface area contributed by atoms with Crippen LogP contribution in [0.3, 0.4) is 0 Å². The zero-order valence-corrected chi connectivity index (χ0v) is 13.3. The summed E-state index contributed by atoms with van der Waals surface area (Å²) < 4.78 is 66.1. The molecule has 0 saturated heterocycles. The highest BCUT2D eigenvalue weighted by Crippen LogP contribution is 2.33. The molecule has 1 N–H and O–H groups in total. The molecule has 2 rings (SSSR count). The zero-order valence-electron chi connectivity index (χ0n) is 11.7. The fourth-order valence-electron chi connectivity index (χ4n) is 1.84. The van der Waals surface area contributed by atoms with Gasteiger partial charge in [0.25, 0.3) is 0 Å². The average molecular weight is 368 g/mol. The molecular formula is C13H13ClF3N3O2S. The lowest BCUT2D eigenvalue weighted by Gasteiger charge is -2.12. The maximum atomic E-state index is 12.7. The number of hydrogen-bond acceptors (Lipinski definition) is 3. The lowest BCUT2D eigenvalue weighted by atomic mass is 10.2. The minimum atomic E-state index is -4.64. The monoisotopic (exact) mass is 367 g/mol. The Morgan fingerprint density at radius 2 is 2.04 bits per heavy atom. The van der Waals surface area contributed by atoms with Crippen LogP contribution in [0.2, 0.25) is 5.02 Å². The van der Waals surface area contributed by atoms with E-state index in [9.17, 15) is 21.6 Å². The molecule has 0 spiro atoms. The molecule has 2 aromatic rings. The smallest absolute Gasteiger partial charge is 0.273 e. The van der Waals surface area contributed by atoms with E-state index in [1.165, 1.54) is 0 Å². The number of sulfonamides is 1. The summed E-state index contributed by atoms with van der Waals surface area (Å²) in [5, 5.41) is 3.69. The van der Waals surface area contributed by atoms with E-state index in [1.807, 2.05) is 0 Å². The van der Waals surface area contributed by atoms with Crippen LogP contribution in [0.1, 0.15) is 12.0 Å². The van der Waals surface area contributed by atoms with Crippen molar-refractivity contribution >= 4 is 21.6 Å². The van der Waals surface area contributed by atoms with Gasteiger partial charge < -0.3 is 0 Å². The van der Waals surface area contributed by atoms with Gasteiger partial charge in [-0.25, -0.2) is 13.1 Å². The molecule has 23 heavy (non-hydrogen) atoms. The second-order valence-corrected chi connectivity index (χ2v) is 6.81. The van der Waals surface area contributed by atoms with Crippen molar-refractivity contribution in [1.82, 2.24) is 14.5 Å². The molecule has 0 aliphatic carbocycles. The van der Waals surface area contributed by atoms with Crippen LogP contribution in [0.15, 0.2) is 41.6 Å². The largest absolute Gasteiger partial charge is 0.416 e. The van der Waals surface area contributed by atoms with Crippen LogP contribution in [0, 0.1) is 0 Å². The van der Waals surface area contributed by atoms with Crippen molar-refractivity contribution in [1.29, 1.82) is 0 Å². The molecule has 1 aromatic carbocycles. The van der Waals surface area contributed by atoms with Crippen LogP contribution in [0.4, 0.5) is 13.2 Å². The summed E-state index contributed by atoms with van der Waals surface area (Å²) in [5.74, 6) is 0. The molecule has 0 amide bonds. The normalized spacial score (nSPS) is 12.5. The van der Waals surface area contributed by atoms with E-state index in [2.05, 4.69) is 9.82 Å². The molecular weight excluding hydrogens is 355 g/mol. The third-order valence-electron chi connectivity index (χ3n) is 2.96. The molecule has 5 nitrogen and oxygen atoms in total. The van der Waals surface area contributed by atoms with E-state index in [1.54, 1.807) is 23.1 Å². The Morgan fingerprint density at radius 1 is 1.30 bits per heavy atom. The number of aromatic nitrogens is 2. The van der Waals surface area contributed by atoms with Gasteiger partial charge in [-0.15, -0.1) is 0 Å². The Labute approximate surface area is 136 Å². The third kappa shape index (κ3) is 4.69. The number of aryl methyl sites for hydroxylation is 1. The minimum absolute atomic E-state index is 0.0504. The minimum Gasteiger partial charge on any atom is -0.273 e. The lowest BCUT2D eigenvalue weighted by Crippen LogP contribution is -2.26. The number of nitrogens with one attached hydrogen (secondary N) is 1. The molecule has 0 unspecified atom stereocenters. The van der Waals surface area contributed by atoms with Crippen molar-refractivity contribution in [2.24, 2.45) is 0 Å². The molecule has 10 heteroatoms. The van der Waals surface area contributed by atoms with Gasteiger partial charge >= 0.3 is 6.18 Å². The fraction of sp³-hybridized carbons (Fsp3) is 0.308. The van der Waals surface area contributed by atoms with E-state index >= 15 is 0 Å². The number of hydrogen-bond donors (Lipinski definition) is 1. The molecule has 126 valence electrons. The second-order valence-electron chi connectivity index (χ2n) is 4.66. The first-order valence-corrected chi connectivity index (χ1v) is 8.40. The van der Waals surface area contributed by atoms with Gasteiger partial charge in [-0.1, -0.05) is 11.6 Å². The maximum absolute atomic E-state index is 12.7. The molecule has 0 radical (unpaired) electrons. The summed E-state index contributed by atoms with van der Waals surface area (Å²) in [7, 11) is -4.13. The van der Waals surface area contributed by atoms with E-state index < -0.39 is 26.7 Å². The summed E-state index contributed by atoms with van der Waals surface area (Å²) >= 11 is 5.72. The Balaban J connectivity index is 2.06. The first-order valence-electron chi connectivity index (χ1n) is 6.54. The van der Waals surface area contributed by atoms with E-state index in [0.717, 1.165) is 12.1 Å². The van der Waals surface area contributed by atoms with Crippen molar-refractivity contribution in [3.05, 3.63) is 47.2 Å². The number of benzene rings is 1. The predicted molar refractivity (Wildman–Crippen MR) is 78.5 cm³/mol. The molecule has 0 atom stereocenters. The van der Waals surface area contributed by atoms with Gasteiger partial charge in [0, 0.05) is 25.5 Å². The van der Waals surface area contributed by atoms with Gasteiger partial charge in [-0.3, -0.25) is 4.68 Å². The molecule has 0 saturated carbocycles. The summed E-state index contributed by atoms with van der Waals surface area (Å²) in [6, 6.07) is 3.91. The van der Waals surface area contributed by atoms with Crippen LogP contribution < -0.4 is 4.72 Å². The number of nitrogens with zero attached hydrogens (tertiary/aromatic N) is 2. The van der Waals surface area contributed by atoms with Crippen LogP contribution >= 0.6 is 11.6 Å². The Bertz CT molecular complexity index is 761. The van der Waals surface area contributed by atoms with Crippen molar-refractivity contribution in [3.8, 4) is 0 Å². The summed E-state index contributed by atoms with van der Waals surface area (Å²) in [4.78, 5) is -0.590. The summed E-state index contributed by atoms with van der Waals surface area (Å²) in [6.45, 7) is 0.528. The van der Waals surface area contributed by atoms with Gasteiger partial charge in [-0.2, -0.15) is 18.3 Å². The Hall–Kier alpha value is -1.58. The number of halogens is 4.